The fourth-order valence-electron chi connectivity index (χ4n) is 2.75. The maximum atomic E-state index is 13.8. The third-order valence-corrected chi connectivity index (χ3v) is 6.52. The van der Waals surface area contributed by atoms with E-state index < -0.39 is 28.8 Å². The third kappa shape index (κ3) is 4.80. The first kappa shape index (κ1) is 20.3. The van der Waals surface area contributed by atoms with Crippen molar-refractivity contribution in [1.29, 1.82) is 0 Å². The molecule has 0 radical (unpaired) electrons. The van der Waals surface area contributed by atoms with Crippen LogP contribution in [-0.4, -0.2) is 44.8 Å². The van der Waals surface area contributed by atoms with E-state index in [0.29, 0.717) is 24.3 Å². The number of ether oxygens (including phenoxy) is 1. The third-order valence-electron chi connectivity index (χ3n) is 4.29. The average molecular weight is 390 g/mol. The fraction of sp³-hybridized carbons (Fsp3) is 0.611. The Bertz CT molecular complexity index is 662. The van der Waals surface area contributed by atoms with Gasteiger partial charge in [0.15, 0.2) is 0 Å². The predicted octanol–water partition coefficient (Wildman–Crippen LogP) is 3.70. The van der Waals surface area contributed by atoms with E-state index >= 15 is 0 Å². The highest BCUT2D eigenvalue weighted by molar-refractivity contribution is 7.86. The summed E-state index contributed by atoms with van der Waals surface area (Å²) in [7, 11) is -1.08. The molecule has 0 aromatic heterocycles. The van der Waals surface area contributed by atoms with E-state index in [9.17, 15) is 13.4 Å². The molecule has 1 saturated heterocycles. The van der Waals surface area contributed by atoms with Gasteiger partial charge in [-0.1, -0.05) is 24.6 Å². The van der Waals surface area contributed by atoms with Crippen molar-refractivity contribution in [2.75, 3.05) is 18.9 Å². The first-order valence-electron chi connectivity index (χ1n) is 8.40. The van der Waals surface area contributed by atoms with Crippen LogP contribution in [0.25, 0.3) is 0 Å². The van der Waals surface area contributed by atoms with Gasteiger partial charge in [-0.05, 0) is 44.9 Å². The largest absolute Gasteiger partial charge is 0.366 e. The van der Waals surface area contributed by atoms with Crippen LogP contribution < -0.4 is 0 Å². The van der Waals surface area contributed by atoms with Gasteiger partial charge in [0.1, 0.15) is 11.9 Å². The minimum absolute atomic E-state index is 0.0404. The van der Waals surface area contributed by atoms with Crippen molar-refractivity contribution in [3.8, 4) is 0 Å². The molecule has 0 aliphatic carbocycles. The first-order chi connectivity index (χ1) is 11.6. The number of rotatable bonds is 5. The lowest BCUT2D eigenvalue weighted by Gasteiger charge is -2.39. The summed E-state index contributed by atoms with van der Waals surface area (Å²) < 4.78 is 31.5. The number of halogens is 2. The quantitative estimate of drug-likeness (QED) is 0.771. The van der Waals surface area contributed by atoms with Gasteiger partial charge < -0.3 is 9.64 Å². The van der Waals surface area contributed by atoms with Crippen molar-refractivity contribution in [3.05, 3.63) is 34.6 Å². The van der Waals surface area contributed by atoms with Gasteiger partial charge in [0.2, 0.25) is 0 Å². The highest BCUT2D eigenvalue weighted by Gasteiger charge is 2.36. The highest BCUT2D eigenvalue weighted by atomic mass is 35.5. The van der Waals surface area contributed by atoms with Crippen molar-refractivity contribution in [1.82, 2.24) is 4.90 Å². The Kier molecular flexibility index (Phi) is 6.62. The summed E-state index contributed by atoms with van der Waals surface area (Å²) in [4.78, 5) is 14.4. The van der Waals surface area contributed by atoms with Crippen LogP contribution in [-0.2, 0) is 20.3 Å². The molecule has 1 aromatic rings. The SMILES string of the molecule is CCC1OCC(c2ccc(Cl)c(F)c2)N(CCS(=O)C(C)(C)C)C1=O. The number of amides is 1. The summed E-state index contributed by atoms with van der Waals surface area (Å²) in [5, 5.41) is 0.0404. The van der Waals surface area contributed by atoms with E-state index in [1.807, 2.05) is 27.7 Å². The predicted molar refractivity (Wildman–Crippen MR) is 98.7 cm³/mol. The lowest BCUT2D eigenvalue weighted by atomic mass is 10.0. The zero-order chi connectivity index (χ0) is 18.8. The molecule has 1 aliphatic rings. The zero-order valence-corrected chi connectivity index (χ0v) is 16.6. The molecule has 1 aromatic carbocycles. The van der Waals surface area contributed by atoms with E-state index in [1.165, 1.54) is 12.1 Å². The zero-order valence-electron chi connectivity index (χ0n) is 15.1. The Morgan fingerprint density at radius 2 is 2.08 bits per heavy atom. The van der Waals surface area contributed by atoms with Crippen LogP contribution in [0.15, 0.2) is 18.2 Å². The molecule has 1 heterocycles. The van der Waals surface area contributed by atoms with Crippen LogP contribution in [0.4, 0.5) is 4.39 Å². The number of carbonyl (C=O) groups excluding carboxylic acids is 1. The van der Waals surface area contributed by atoms with E-state index in [-0.39, 0.29) is 22.3 Å². The Hall–Kier alpha value is -0.980. The molecular formula is C18H25ClFNO3S. The minimum atomic E-state index is -1.08. The molecule has 3 atom stereocenters. The molecule has 140 valence electrons. The van der Waals surface area contributed by atoms with Gasteiger partial charge in [0, 0.05) is 27.8 Å². The molecule has 25 heavy (non-hydrogen) atoms. The molecule has 1 amide bonds. The summed E-state index contributed by atoms with van der Waals surface area (Å²) in [5.41, 5.74) is 0.631. The van der Waals surface area contributed by atoms with Gasteiger partial charge in [0.25, 0.3) is 5.91 Å². The lowest BCUT2D eigenvalue weighted by molar-refractivity contribution is -0.159. The van der Waals surface area contributed by atoms with Crippen molar-refractivity contribution >= 4 is 28.3 Å². The Morgan fingerprint density at radius 1 is 1.40 bits per heavy atom. The normalized spacial score (nSPS) is 23.0. The molecule has 3 unspecified atom stereocenters. The topological polar surface area (TPSA) is 46.6 Å². The second-order valence-electron chi connectivity index (χ2n) is 7.11. The van der Waals surface area contributed by atoms with Crippen LogP contribution in [0.1, 0.15) is 45.7 Å². The van der Waals surface area contributed by atoms with Gasteiger partial charge in [-0.25, -0.2) is 4.39 Å². The number of morpholine rings is 1. The molecule has 1 fully saturated rings. The van der Waals surface area contributed by atoms with E-state index in [0.717, 1.165) is 0 Å². The Balaban J connectivity index is 2.24. The van der Waals surface area contributed by atoms with Gasteiger partial charge in [-0.2, -0.15) is 0 Å². The molecule has 1 aliphatic heterocycles. The molecule has 2 rings (SSSR count). The summed E-state index contributed by atoms with van der Waals surface area (Å²) in [6, 6.07) is 4.11. The number of hydrogen-bond acceptors (Lipinski definition) is 3. The van der Waals surface area contributed by atoms with Crippen molar-refractivity contribution in [3.63, 3.8) is 0 Å². The highest BCUT2D eigenvalue weighted by Crippen LogP contribution is 2.30. The maximum Gasteiger partial charge on any atom is 0.252 e. The molecular weight excluding hydrogens is 365 g/mol. The van der Waals surface area contributed by atoms with Crippen LogP contribution in [0.5, 0.6) is 0 Å². The van der Waals surface area contributed by atoms with Crippen LogP contribution >= 0.6 is 11.6 Å². The maximum absolute atomic E-state index is 13.8. The Labute approximate surface area is 156 Å². The molecule has 0 N–H and O–H groups in total. The van der Waals surface area contributed by atoms with Crippen LogP contribution in [0, 0.1) is 5.82 Å². The summed E-state index contributed by atoms with van der Waals surface area (Å²) in [6.45, 7) is 8.24. The summed E-state index contributed by atoms with van der Waals surface area (Å²) >= 11 is 5.76. The van der Waals surface area contributed by atoms with Crippen LogP contribution in [0.3, 0.4) is 0 Å². The molecule has 0 spiro atoms. The minimum Gasteiger partial charge on any atom is -0.366 e. The lowest BCUT2D eigenvalue weighted by Crippen LogP contribution is -2.50. The molecule has 7 heteroatoms. The summed E-state index contributed by atoms with van der Waals surface area (Å²) in [5.74, 6) is -0.291. The van der Waals surface area contributed by atoms with Gasteiger partial charge in [-0.3, -0.25) is 9.00 Å². The van der Waals surface area contributed by atoms with Gasteiger partial charge in [-0.15, -0.1) is 0 Å². The van der Waals surface area contributed by atoms with Gasteiger partial charge >= 0.3 is 0 Å². The summed E-state index contributed by atoms with van der Waals surface area (Å²) in [6.07, 6.45) is 0.0656. The van der Waals surface area contributed by atoms with Gasteiger partial charge in [0.05, 0.1) is 17.7 Å². The Morgan fingerprint density at radius 3 is 2.64 bits per heavy atom. The monoisotopic (exact) mass is 389 g/mol. The van der Waals surface area contributed by atoms with E-state index in [4.69, 9.17) is 16.3 Å². The van der Waals surface area contributed by atoms with E-state index in [2.05, 4.69) is 0 Å². The van der Waals surface area contributed by atoms with Crippen molar-refractivity contribution in [2.24, 2.45) is 0 Å². The second-order valence-corrected chi connectivity index (χ2v) is 9.84. The number of nitrogens with zero attached hydrogens (tertiary/aromatic N) is 1. The first-order valence-corrected chi connectivity index (χ1v) is 10.1. The fourth-order valence-corrected chi connectivity index (χ4v) is 3.84. The number of benzene rings is 1. The standard InChI is InChI=1S/C18H25ClFNO3S/c1-5-16-17(22)21(8-9-25(23)18(2,3)4)15(11-24-16)12-6-7-13(19)14(20)10-12/h6-7,10,15-16H,5,8-9,11H2,1-4H3. The number of carbonyl (C=O) groups is 1. The number of hydrogen-bond donors (Lipinski definition) is 0. The molecule has 4 nitrogen and oxygen atoms in total. The van der Waals surface area contributed by atoms with Crippen molar-refractivity contribution in [2.45, 2.75) is 51.0 Å². The van der Waals surface area contributed by atoms with Crippen molar-refractivity contribution < 1.29 is 18.1 Å². The van der Waals surface area contributed by atoms with Crippen LogP contribution in [0.2, 0.25) is 5.02 Å². The molecule has 0 bridgehead atoms. The average Bonchev–Trinajstić information content (AvgIpc) is 2.55. The second kappa shape index (κ2) is 8.14. The smallest absolute Gasteiger partial charge is 0.252 e. The molecule has 0 saturated carbocycles. The van der Waals surface area contributed by atoms with E-state index in [1.54, 1.807) is 11.0 Å².